The molecule has 1 aromatic heterocycles. The second-order valence-corrected chi connectivity index (χ2v) is 6.20. The standard InChI is InChI=1S/C21H19ClN2O/c1-2-16-9-11-17(12-10-16)15-24(20-8-3-4-13-23-20)21(25)18-6-5-7-19(22)14-18/h3-14H,2,15H2,1H3. The molecule has 0 saturated carbocycles. The van der Waals surface area contributed by atoms with E-state index in [9.17, 15) is 4.79 Å². The molecule has 4 heteroatoms. The molecule has 0 radical (unpaired) electrons. The van der Waals surface area contributed by atoms with Crippen LogP contribution in [-0.2, 0) is 13.0 Å². The monoisotopic (exact) mass is 350 g/mol. The van der Waals surface area contributed by atoms with Crippen molar-refractivity contribution in [3.8, 4) is 0 Å². The molecule has 0 aliphatic heterocycles. The maximum Gasteiger partial charge on any atom is 0.259 e. The summed E-state index contributed by atoms with van der Waals surface area (Å²) in [5, 5.41) is 0.541. The summed E-state index contributed by atoms with van der Waals surface area (Å²) in [4.78, 5) is 19.1. The third-order valence-electron chi connectivity index (χ3n) is 4.01. The Bertz CT molecular complexity index is 847. The number of aromatic nitrogens is 1. The molecule has 0 aliphatic rings. The maximum atomic E-state index is 13.1. The van der Waals surface area contributed by atoms with Gasteiger partial charge in [-0.1, -0.05) is 54.9 Å². The fourth-order valence-electron chi connectivity index (χ4n) is 2.61. The summed E-state index contributed by atoms with van der Waals surface area (Å²) in [6, 6.07) is 20.8. The maximum absolute atomic E-state index is 13.1. The molecular weight excluding hydrogens is 332 g/mol. The number of aryl methyl sites for hydroxylation is 1. The lowest BCUT2D eigenvalue weighted by molar-refractivity contribution is 0.0984. The predicted octanol–water partition coefficient (Wildman–Crippen LogP) is 5.14. The molecule has 0 bridgehead atoms. The fourth-order valence-corrected chi connectivity index (χ4v) is 2.80. The minimum Gasteiger partial charge on any atom is -0.288 e. The van der Waals surface area contributed by atoms with E-state index in [2.05, 4.69) is 36.2 Å². The van der Waals surface area contributed by atoms with Crippen molar-refractivity contribution in [2.24, 2.45) is 0 Å². The van der Waals surface area contributed by atoms with Crippen molar-refractivity contribution < 1.29 is 4.79 Å². The Hall–Kier alpha value is -2.65. The van der Waals surface area contributed by atoms with Crippen LogP contribution in [0, 0.1) is 0 Å². The van der Waals surface area contributed by atoms with E-state index in [4.69, 9.17) is 11.6 Å². The topological polar surface area (TPSA) is 33.2 Å². The molecule has 126 valence electrons. The minimum atomic E-state index is -0.124. The number of pyridine rings is 1. The van der Waals surface area contributed by atoms with Crippen molar-refractivity contribution in [2.75, 3.05) is 4.90 Å². The molecule has 3 aromatic rings. The van der Waals surface area contributed by atoms with Gasteiger partial charge in [0.25, 0.3) is 5.91 Å². The lowest BCUT2D eigenvalue weighted by Gasteiger charge is -2.22. The number of hydrogen-bond donors (Lipinski definition) is 0. The van der Waals surface area contributed by atoms with Crippen molar-refractivity contribution in [3.63, 3.8) is 0 Å². The Morgan fingerprint density at radius 1 is 1.00 bits per heavy atom. The van der Waals surface area contributed by atoms with E-state index in [-0.39, 0.29) is 5.91 Å². The van der Waals surface area contributed by atoms with Crippen LogP contribution in [0.15, 0.2) is 72.9 Å². The Balaban J connectivity index is 1.93. The van der Waals surface area contributed by atoms with Crippen molar-refractivity contribution in [3.05, 3.63) is 94.6 Å². The van der Waals surface area contributed by atoms with Crippen molar-refractivity contribution in [2.45, 2.75) is 19.9 Å². The molecule has 0 N–H and O–H groups in total. The first-order valence-electron chi connectivity index (χ1n) is 8.23. The van der Waals surface area contributed by atoms with E-state index < -0.39 is 0 Å². The average Bonchev–Trinajstić information content (AvgIpc) is 2.67. The summed E-state index contributed by atoms with van der Waals surface area (Å²) >= 11 is 6.05. The van der Waals surface area contributed by atoms with Crippen LogP contribution in [0.4, 0.5) is 5.82 Å². The molecule has 25 heavy (non-hydrogen) atoms. The van der Waals surface area contributed by atoms with Gasteiger partial charge in [0.2, 0.25) is 0 Å². The van der Waals surface area contributed by atoms with E-state index in [0.717, 1.165) is 12.0 Å². The second-order valence-electron chi connectivity index (χ2n) is 5.76. The van der Waals surface area contributed by atoms with Gasteiger partial charge < -0.3 is 0 Å². The van der Waals surface area contributed by atoms with Gasteiger partial charge in [-0.2, -0.15) is 0 Å². The summed E-state index contributed by atoms with van der Waals surface area (Å²) < 4.78 is 0. The van der Waals surface area contributed by atoms with Gasteiger partial charge >= 0.3 is 0 Å². The summed E-state index contributed by atoms with van der Waals surface area (Å²) in [6.45, 7) is 2.57. The van der Waals surface area contributed by atoms with Gasteiger partial charge in [-0.25, -0.2) is 4.98 Å². The third kappa shape index (κ3) is 4.25. The Morgan fingerprint density at radius 2 is 1.76 bits per heavy atom. The SMILES string of the molecule is CCc1ccc(CN(C(=O)c2cccc(Cl)c2)c2ccccn2)cc1. The minimum absolute atomic E-state index is 0.124. The highest BCUT2D eigenvalue weighted by Gasteiger charge is 2.19. The highest BCUT2D eigenvalue weighted by Crippen LogP contribution is 2.20. The molecule has 1 amide bonds. The number of benzene rings is 2. The molecule has 3 nitrogen and oxygen atoms in total. The molecule has 0 fully saturated rings. The van der Waals surface area contributed by atoms with Crippen LogP contribution < -0.4 is 4.90 Å². The molecule has 1 heterocycles. The number of amides is 1. The number of rotatable bonds is 5. The van der Waals surface area contributed by atoms with Crippen LogP contribution >= 0.6 is 11.6 Å². The Morgan fingerprint density at radius 3 is 2.40 bits per heavy atom. The molecule has 2 aromatic carbocycles. The summed E-state index contributed by atoms with van der Waals surface area (Å²) in [5.41, 5.74) is 2.87. The van der Waals surface area contributed by atoms with E-state index >= 15 is 0 Å². The van der Waals surface area contributed by atoms with E-state index in [1.54, 1.807) is 35.4 Å². The van der Waals surface area contributed by atoms with Gasteiger partial charge in [-0.15, -0.1) is 0 Å². The zero-order valence-electron chi connectivity index (χ0n) is 14.0. The zero-order valence-corrected chi connectivity index (χ0v) is 14.8. The molecule has 3 rings (SSSR count). The van der Waals surface area contributed by atoms with Gasteiger partial charge in [0.1, 0.15) is 5.82 Å². The van der Waals surface area contributed by atoms with Crippen LogP contribution in [0.25, 0.3) is 0 Å². The highest BCUT2D eigenvalue weighted by atomic mass is 35.5. The number of anilines is 1. The highest BCUT2D eigenvalue weighted by molar-refractivity contribution is 6.31. The number of halogens is 1. The van der Waals surface area contributed by atoms with Crippen LogP contribution in [0.5, 0.6) is 0 Å². The lowest BCUT2D eigenvalue weighted by Crippen LogP contribution is -2.31. The number of carbonyl (C=O) groups is 1. The van der Waals surface area contributed by atoms with Gasteiger partial charge in [0.05, 0.1) is 6.54 Å². The van der Waals surface area contributed by atoms with Crippen LogP contribution in [0.3, 0.4) is 0 Å². The zero-order chi connectivity index (χ0) is 17.6. The van der Waals surface area contributed by atoms with Crippen LogP contribution in [0.1, 0.15) is 28.4 Å². The number of carbonyl (C=O) groups excluding carboxylic acids is 1. The van der Waals surface area contributed by atoms with Crippen molar-refractivity contribution in [1.82, 2.24) is 4.98 Å². The second kappa shape index (κ2) is 7.95. The first-order chi connectivity index (χ1) is 12.2. The Kier molecular flexibility index (Phi) is 5.46. The van der Waals surface area contributed by atoms with Crippen LogP contribution in [0.2, 0.25) is 5.02 Å². The summed E-state index contributed by atoms with van der Waals surface area (Å²) in [7, 11) is 0. The largest absolute Gasteiger partial charge is 0.288 e. The molecule has 0 unspecified atom stereocenters. The average molecular weight is 351 g/mol. The molecule has 0 atom stereocenters. The predicted molar refractivity (Wildman–Crippen MR) is 102 cm³/mol. The smallest absolute Gasteiger partial charge is 0.259 e. The summed E-state index contributed by atoms with van der Waals surface area (Å²) in [5.74, 6) is 0.493. The van der Waals surface area contributed by atoms with Gasteiger partial charge in [-0.05, 0) is 47.9 Å². The van der Waals surface area contributed by atoms with Crippen LogP contribution in [-0.4, -0.2) is 10.9 Å². The Labute approximate surface area is 152 Å². The third-order valence-corrected chi connectivity index (χ3v) is 4.25. The molecule has 0 spiro atoms. The van der Waals surface area contributed by atoms with Crippen molar-refractivity contribution in [1.29, 1.82) is 0 Å². The number of nitrogens with zero attached hydrogens (tertiary/aromatic N) is 2. The van der Waals surface area contributed by atoms with Gasteiger partial charge in [0, 0.05) is 16.8 Å². The van der Waals surface area contributed by atoms with Crippen molar-refractivity contribution >= 4 is 23.3 Å². The summed E-state index contributed by atoms with van der Waals surface area (Å²) in [6.07, 6.45) is 2.68. The first kappa shape index (κ1) is 17.2. The van der Waals surface area contributed by atoms with E-state index in [1.165, 1.54) is 5.56 Å². The van der Waals surface area contributed by atoms with E-state index in [1.807, 2.05) is 18.2 Å². The first-order valence-corrected chi connectivity index (χ1v) is 8.61. The quantitative estimate of drug-likeness (QED) is 0.638. The molecule has 0 aliphatic carbocycles. The van der Waals surface area contributed by atoms with E-state index in [0.29, 0.717) is 22.9 Å². The normalized spacial score (nSPS) is 10.5. The number of hydrogen-bond acceptors (Lipinski definition) is 2. The lowest BCUT2D eigenvalue weighted by atomic mass is 10.1. The molecule has 0 saturated heterocycles. The van der Waals surface area contributed by atoms with Gasteiger partial charge in [0.15, 0.2) is 0 Å². The van der Waals surface area contributed by atoms with Gasteiger partial charge in [-0.3, -0.25) is 9.69 Å². The fraction of sp³-hybridized carbons (Fsp3) is 0.143. The molecular formula is C21H19ClN2O.